The van der Waals surface area contributed by atoms with Gasteiger partial charge in [-0.05, 0) is 59.9 Å². The molecule has 1 aliphatic rings. The summed E-state index contributed by atoms with van der Waals surface area (Å²) in [5.74, 6) is 0.263. The van der Waals surface area contributed by atoms with Crippen LogP contribution in [-0.4, -0.2) is 21.1 Å². The number of ether oxygens (including phenoxy) is 1. The smallest absolute Gasteiger partial charge is 0.339 e. The van der Waals surface area contributed by atoms with Crippen LogP contribution in [-0.2, 0) is 17.6 Å². The number of esters is 1. The summed E-state index contributed by atoms with van der Waals surface area (Å²) < 4.78 is 10.9. The van der Waals surface area contributed by atoms with Crippen molar-refractivity contribution in [1.82, 2.24) is 15.1 Å². The van der Waals surface area contributed by atoms with Crippen molar-refractivity contribution in [2.45, 2.75) is 25.9 Å². The number of carbonyl (C=O) groups is 1. The number of aryl methyl sites for hydroxylation is 2. The zero-order chi connectivity index (χ0) is 19.1. The van der Waals surface area contributed by atoms with Gasteiger partial charge in [0.05, 0.1) is 5.56 Å². The second-order valence-corrected chi connectivity index (χ2v) is 6.86. The number of aromatic nitrogens is 3. The molecule has 0 radical (unpaired) electrons. The van der Waals surface area contributed by atoms with Crippen LogP contribution in [0, 0.1) is 0 Å². The summed E-state index contributed by atoms with van der Waals surface area (Å²) in [5.41, 5.74) is 3.87. The summed E-state index contributed by atoms with van der Waals surface area (Å²) in [5, 5.41) is 6.07. The fraction of sp³-hybridized carbons (Fsp3) is 0.182. The molecule has 2 heterocycles. The molecule has 6 heteroatoms. The van der Waals surface area contributed by atoms with Crippen molar-refractivity contribution >= 4 is 16.7 Å². The number of hydrogen-bond donors (Lipinski definition) is 0. The molecular weight excluding hydrogens is 354 g/mol. The second-order valence-electron chi connectivity index (χ2n) is 6.86. The molecule has 0 spiro atoms. The number of nitrogens with zero attached hydrogens (tertiary/aromatic N) is 3. The molecule has 0 unspecified atom stereocenters. The normalized spacial score (nSPS) is 13.6. The van der Waals surface area contributed by atoms with Crippen molar-refractivity contribution in [3.05, 3.63) is 77.4 Å². The molecule has 0 aliphatic heterocycles. The molecular formula is C22H17N3O3. The molecule has 0 amide bonds. The molecule has 0 N–H and O–H groups in total. The first kappa shape index (κ1) is 16.6. The fourth-order valence-electron chi connectivity index (χ4n) is 3.71. The number of rotatable bonds is 4. The van der Waals surface area contributed by atoms with Gasteiger partial charge in [-0.1, -0.05) is 29.4 Å². The zero-order valence-electron chi connectivity index (χ0n) is 15.3. The SMILES string of the molecule is C[C@@H](OC(=O)c1ccc2c3c(cccc13)CC2)c1nc(-c2cccnc2)no1. The summed E-state index contributed by atoms with van der Waals surface area (Å²) in [6.07, 6.45) is 4.69. The third-order valence-corrected chi connectivity index (χ3v) is 5.09. The van der Waals surface area contributed by atoms with Crippen LogP contribution in [0.5, 0.6) is 0 Å². The third kappa shape index (κ3) is 2.74. The van der Waals surface area contributed by atoms with Crippen LogP contribution in [0.15, 0.2) is 59.4 Å². The number of pyridine rings is 1. The van der Waals surface area contributed by atoms with E-state index in [1.807, 2.05) is 30.3 Å². The highest BCUT2D eigenvalue weighted by Crippen LogP contribution is 2.33. The minimum atomic E-state index is -0.659. The first-order valence-electron chi connectivity index (χ1n) is 9.19. The standard InChI is InChI=1S/C22H17N3O3/c1-13(21-24-20(25-28-21)16-5-3-11-23-12-16)27-22(26)18-10-9-15-8-7-14-4-2-6-17(18)19(14)15/h2-6,9-13H,7-8H2,1H3/t13-/m1/s1. The van der Waals surface area contributed by atoms with Gasteiger partial charge in [-0.15, -0.1) is 0 Å². The lowest BCUT2D eigenvalue weighted by molar-refractivity contribution is 0.0268. The highest BCUT2D eigenvalue weighted by Gasteiger charge is 2.23. The Kier molecular flexibility index (Phi) is 3.90. The van der Waals surface area contributed by atoms with E-state index in [1.165, 1.54) is 16.5 Å². The van der Waals surface area contributed by atoms with Crippen molar-refractivity contribution in [1.29, 1.82) is 0 Å². The molecule has 6 nitrogen and oxygen atoms in total. The van der Waals surface area contributed by atoms with Gasteiger partial charge in [-0.2, -0.15) is 4.98 Å². The Morgan fingerprint density at radius 2 is 1.96 bits per heavy atom. The average Bonchev–Trinajstić information content (AvgIpc) is 3.38. The average molecular weight is 371 g/mol. The van der Waals surface area contributed by atoms with Crippen molar-refractivity contribution in [2.75, 3.05) is 0 Å². The first-order chi connectivity index (χ1) is 13.7. The van der Waals surface area contributed by atoms with Crippen LogP contribution < -0.4 is 0 Å². The summed E-state index contributed by atoms with van der Waals surface area (Å²) >= 11 is 0. The van der Waals surface area contributed by atoms with E-state index in [4.69, 9.17) is 9.26 Å². The molecule has 2 aromatic carbocycles. The molecule has 0 fully saturated rings. The van der Waals surface area contributed by atoms with Gasteiger partial charge in [-0.3, -0.25) is 4.98 Å². The summed E-state index contributed by atoms with van der Waals surface area (Å²) in [4.78, 5) is 21.2. The lowest BCUT2D eigenvalue weighted by atomic mass is 10.00. The Bertz CT molecular complexity index is 1170. The fourth-order valence-corrected chi connectivity index (χ4v) is 3.71. The Labute approximate surface area is 161 Å². The quantitative estimate of drug-likeness (QED) is 0.498. The van der Waals surface area contributed by atoms with E-state index in [-0.39, 0.29) is 5.89 Å². The molecule has 2 aromatic heterocycles. The van der Waals surface area contributed by atoms with Gasteiger partial charge in [0.2, 0.25) is 5.82 Å². The molecule has 0 bridgehead atoms. The minimum absolute atomic E-state index is 0.248. The van der Waals surface area contributed by atoms with Crippen molar-refractivity contribution < 1.29 is 14.1 Å². The van der Waals surface area contributed by atoms with E-state index in [0.717, 1.165) is 23.8 Å². The van der Waals surface area contributed by atoms with Crippen LogP contribution in [0.4, 0.5) is 0 Å². The maximum Gasteiger partial charge on any atom is 0.339 e. The monoisotopic (exact) mass is 371 g/mol. The zero-order valence-corrected chi connectivity index (χ0v) is 15.3. The van der Waals surface area contributed by atoms with Crippen molar-refractivity contribution in [3.63, 3.8) is 0 Å². The lowest BCUT2D eigenvalue weighted by Gasteiger charge is -2.12. The largest absolute Gasteiger partial charge is 0.449 e. The first-order valence-corrected chi connectivity index (χ1v) is 9.19. The van der Waals surface area contributed by atoms with Crippen LogP contribution in [0.1, 0.15) is 40.4 Å². The van der Waals surface area contributed by atoms with Gasteiger partial charge >= 0.3 is 5.97 Å². The summed E-state index contributed by atoms with van der Waals surface area (Å²) in [6, 6.07) is 13.6. The molecule has 138 valence electrons. The molecule has 4 aromatic rings. The Morgan fingerprint density at radius 3 is 2.79 bits per heavy atom. The van der Waals surface area contributed by atoms with Gasteiger partial charge in [-0.25, -0.2) is 4.79 Å². The maximum absolute atomic E-state index is 12.8. The Hall–Kier alpha value is -3.54. The molecule has 1 aliphatic carbocycles. The van der Waals surface area contributed by atoms with Crippen LogP contribution in [0.2, 0.25) is 0 Å². The predicted octanol–water partition coefficient (Wildman–Crippen LogP) is 4.30. The van der Waals surface area contributed by atoms with Crippen LogP contribution in [0.25, 0.3) is 22.2 Å². The molecule has 0 saturated carbocycles. The second kappa shape index (κ2) is 6.56. The van der Waals surface area contributed by atoms with Crippen molar-refractivity contribution in [3.8, 4) is 11.4 Å². The highest BCUT2D eigenvalue weighted by atomic mass is 16.6. The number of carbonyl (C=O) groups excluding carboxylic acids is 1. The molecule has 1 atom stereocenters. The third-order valence-electron chi connectivity index (χ3n) is 5.09. The maximum atomic E-state index is 12.8. The summed E-state index contributed by atoms with van der Waals surface area (Å²) in [7, 11) is 0. The topological polar surface area (TPSA) is 78.1 Å². The van der Waals surface area contributed by atoms with Gasteiger partial charge in [0.1, 0.15) is 0 Å². The van der Waals surface area contributed by atoms with Crippen molar-refractivity contribution in [2.24, 2.45) is 0 Å². The van der Waals surface area contributed by atoms with Gasteiger partial charge in [0.25, 0.3) is 5.89 Å². The van der Waals surface area contributed by atoms with Gasteiger partial charge in [0, 0.05) is 18.0 Å². The molecule has 0 saturated heterocycles. The number of benzene rings is 2. The van der Waals surface area contributed by atoms with Crippen LogP contribution >= 0.6 is 0 Å². The van der Waals surface area contributed by atoms with E-state index >= 15 is 0 Å². The minimum Gasteiger partial charge on any atom is -0.449 e. The van der Waals surface area contributed by atoms with E-state index < -0.39 is 12.1 Å². The lowest BCUT2D eigenvalue weighted by Crippen LogP contribution is -2.10. The summed E-state index contributed by atoms with van der Waals surface area (Å²) in [6.45, 7) is 1.72. The highest BCUT2D eigenvalue weighted by molar-refractivity contribution is 6.07. The van der Waals surface area contributed by atoms with E-state index in [1.54, 1.807) is 25.4 Å². The molecule has 5 rings (SSSR count). The van der Waals surface area contributed by atoms with E-state index in [9.17, 15) is 4.79 Å². The van der Waals surface area contributed by atoms with E-state index in [2.05, 4.69) is 21.2 Å². The number of hydrogen-bond acceptors (Lipinski definition) is 6. The van der Waals surface area contributed by atoms with E-state index in [0.29, 0.717) is 11.4 Å². The van der Waals surface area contributed by atoms with Crippen LogP contribution in [0.3, 0.4) is 0 Å². The molecule has 28 heavy (non-hydrogen) atoms. The Morgan fingerprint density at radius 1 is 1.11 bits per heavy atom. The van der Waals surface area contributed by atoms with Gasteiger partial charge in [0.15, 0.2) is 6.10 Å². The van der Waals surface area contributed by atoms with Gasteiger partial charge < -0.3 is 9.26 Å². The predicted molar refractivity (Wildman–Crippen MR) is 103 cm³/mol. The Balaban J connectivity index is 1.41.